The highest BCUT2D eigenvalue weighted by molar-refractivity contribution is 6.30. The maximum absolute atomic E-state index is 13.0. The molecule has 1 atom stereocenters. The van der Waals surface area contributed by atoms with Crippen LogP contribution < -0.4 is 5.32 Å². The van der Waals surface area contributed by atoms with Crippen molar-refractivity contribution in [2.24, 2.45) is 0 Å². The van der Waals surface area contributed by atoms with E-state index >= 15 is 0 Å². The summed E-state index contributed by atoms with van der Waals surface area (Å²) in [4.78, 5) is 13.0. The average Bonchev–Trinajstić information content (AvgIpc) is 3.17. The van der Waals surface area contributed by atoms with E-state index in [0.717, 1.165) is 35.7 Å². The van der Waals surface area contributed by atoms with Gasteiger partial charge in [-0.15, -0.1) is 0 Å². The molecular weight excluding hydrogens is 394 g/mol. The lowest BCUT2D eigenvalue weighted by molar-refractivity contribution is 0.0933. The molecule has 5 rings (SSSR count). The van der Waals surface area contributed by atoms with Crippen LogP contribution in [0.1, 0.15) is 45.9 Å². The molecule has 0 saturated heterocycles. The first kappa shape index (κ1) is 18.9. The molecule has 3 aromatic carbocycles. The number of rotatable bonds is 4. The number of amides is 1. The third-order valence-electron chi connectivity index (χ3n) is 5.83. The first-order valence-corrected chi connectivity index (χ1v) is 10.6. The first-order valence-electron chi connectivity index (χ1n) is 10.3. The summed E-state index contributed by atoms with van der Waals surface area (Å²) in [6.45, 7) is 0.627. The Labute approximate surface area is 180 Å². The van der Waals surface area contributed by atoms with Gasteiger partial charge in [0.1, 0.15) is 0 Å². The van der Waals surface area contributed by atoms with Gasteiger partial charge in [-0.05, 0) is 60.2 Å². The largest absolute Gasteiger partial charge is 0.345 e. The Hall–Kier alpha value is -3.11. The maximum atomic E-state index is 13.0. The smallest absolute Gasteiger partial charge is 0.251 e. The molecule has 1 aliphatic carbocycles. The molecule has 150 valence electrons. The molecule has 1 aromatic heterocycles. The molecule has 0 bridgehead atoms. The fourth-order valence-corrected chi connectivity index (χ4v) is 4.37. The summed E-state index contributed by atoms with van der Waals surface area (Å²) in [5, 5.41) is 9.48. The van der Waals surface area contributed by atoms with Crippen LogP contribution in [0.2, 0.25) is 5.02 Å². The lowest BCUT2D eigenvalue weighted by Crippen LogP contribution is -2.30. The summed E-state index contributed by atoms with van der Waals surface area (Å²) in [5.41, 5.74) is 5.29. The number of benzene rings is 3. The lowest BCUT2D eigenvalue weighted by atomic mass is 9.87. The second-order valence-corrected chi connectivity index (χ2v) is 8.26. The third kappa shape index (κ3) is 3.71. The van der Waals surface area contributed by atoms with Gasteiger partial charge >= 0.3 is 0 Å². The molecule has 1 unspecified atom stereocenters. The number of nitrogens with zero attached hydrogens (tertiary/aromatic N) is 2. The van der Waals surface area contributed by atoms with Gasteiger partial charge in [-0.25, -0.2) is 0 Å². The topological polar surface area (TPSA) is 46.9 Å². The van der Waals surface area contributed by atoms with Crippen molar-refractivity contribution >= 4 is 28.4 Å². The highest BCUT2D eigenvalue weighted by Crippen LogP contribution is 2.30. The van der Waals surface area contributed by atoms with Gasteiger partial charge in [0.05, 0.1) is 24.3 Å². The van der Waals surface area contributed by atoms with Crippen LogP contribution in [0.4, 0.5) is 0 Å². The molecule has 1 aliphatic rings. The van der Waals surface area contributed by atoms with Crippen LogP contribution in [0, 0.1) is 0 Å². The van der Waals surface area contributed by atoms with Gasteiger partial charge in [0.2, 0.25) is 0 Å². The Balaban J connectivity index is 1.39. The second-order valence-electron chi connectivity index (χ2n) is 7.82. The summed E-state index contributed by atoms with van der Waals surface area (Å²) in [6.07, 6.45) is 4.98. The Morgan fingerprint density at radius 2 is 1.93 bits per heavy atom. The number of carbonyl (C=O) groups excluding carboxylic acids is 1. The number of hydrogen-bond donors (Lipinski definition) is 1. The van der Waals surface area contributed by atoms with E-state index in [0.29, 0.717) is 17.1 Å². The molecule has 1 N–H and O–H groups in total. The quantitative estimate of drug-likeness (QED) is 0.475. The van der Waals surface area contributed by atoms with E-state index in [1.807, 2.05) is 59.4 Å². The molecule has 0 radical (unpaired) electrons. The highest BCUT2D eigenvalue weighted by atomic mass is 35.5. The van der Waals surface area contributed by atoms with Gasteiger partial charge in [0.25, 0.3) is 5.91 Å². The monoisotopic (exact) mass is 415 g/mol. The first-order chi connectivity index (χ1) is 14.7. The zero-order chi connectivity index (χ0) is 20.5. The van der Waals surface area contributed by atoms with Crippen molar-refractivity contribution in [3.63, 3.8) is 0 Å². The van der Waals surface area contributed by atoms with Crippen LogP contribution >= 0.6 is 11.6 Å². The third-order valence-corrected chi connectivity index (χ3v) is 6.08. The van der Waals surface area contributed by atoms with Crippen LogP contribution in [0.15, 0.2) is 72.9 Å². The number of aromatic nitrogens is 2. The molecule has 1 heterocycles. The molecule has 5 heteroatoms. The Morgan fingerprint density at radius 3 is 2.80 bits per heavy atom. The average molecular weight is 416 g/mol. The number of carbonyl (C=O) groups is 1. The molecule has 0 saturated carbocycles. The van der Waals surface area contributed by atoms with Crippen LogP contribution in [0.25, 0.3) is 10.9 Å². The maximum Gasteiger partial charge on any atom is 0.251 e. The van der Waals surface area contributed by atoms with E-state index in [1.165, 1.54) is 11.1 Å². The van der Waals surface area contributed by atoms with Crippen molar-refractivity contribution in [2.45, 2.75) is 31.8 Å². The number of aryl methyl sites for hydroxylation is 1. The SMILES string of the molecule is O=C(NC1CCCc2ccccc21)c1ccc2cnn(Cc3ccc(Cl)cc3)c2c1. The van der Waals surface area contributed by atoms with E-state index in [9.17, 15) is 4.79 Å². The zero-order valence-electron chi connectivity index (χ0n) is 16.5. The van der Waals surface area contributed by atoms with Crippen molar-refractivity contribution in [1.82, 2.24) is 15.1 Å². The minimum Gasteiger partial charge on any atom is -0.345 e. The van der Waals surface area contributed by atoms with Gasteiger partial charge in [-0.3, -0.25) is 9.48 Å². The molecule has 0 spiro atoms. The van der Waals surface area contributed by atoms with Crippen molar-refractivity contribution < 1.29 is 4.79 Å². The molecule has 1 amide bonds. The minimum atomic E-state index is -0.0437. The summed E-state index contributed by atoms with van der Waals surface area (Å²) in [7, 11) is 0. The summed E-state index contributed by atoms with van der Waals surface area (Å²) >= 11 is 5.99. The zero-order valence-corrected chi connectivity index (χ0v) is 17.3. The Bertz CT molecular complexity index is 1210. The van der Waals surface area contributed by atoms with E-state index in [1.54, 1.807) is 0 Å². The molecule has 0 aliphatic heterocycles. The molecule has 4 aromatic rings. The molecule has 30 heavy (non-hydrogen) atoms. The molecular formula is C25H22ClN3O. The van der Waals surface area contributed by atoms with E-state index < -0.39 is 0 Å². The lowest BCUT2D eigenvalue weighted by Gasteiger charge is -2.26. The normalized spacial score (nSPS) is 15.7. The minimum absolute atomic E-state index is 0.0437. The standard InChI is InChI=1S/C25H22ClN3O/c26-21-12-8-17(9-13-21)16-29-24-14-19(10-11-20(24)15-27-29)25(30)28-23-7-3-5-18-4-1-2-6-22(18)23/h1-2,4,6,8-15,23H,3,5,7,16H2,(H,28,30). The van der Waals surface area contributed by atoms with Gasteiger partial charge in [-0.2, -0.15) is 5.10 Å². The van der Waals surface area contributed by atoms with Crippen LogP contribution in [0.5, 0.6) is 0 Å². The van der Waals surface area contributed by atoms with Crippen molar-refractivity contribution in [2.75, 3.05) is 0 Å². The van der Waals surface area contributed by atoms with Crippen LogP contribution in [0.3, 0.4) is 0 Å². The van der Waals surface area contributed by atoms with Crippen LogP contribution in [-0.2, 0) is 13.0 Å². The van der Waals surface area contributed by atoms with E-state index in [4.69, 9.17) is 11.6 Å². The van der Waals surface area contributed by atoms with Crippen molar-refractivity contribution in [3.05, 3.63) is 100 Å². The summed E-state index contributed by atoms with van der Waals surface area (Å²) in [6, 6.07) is 22.0. The predicted molar refractivity (Wildman–Crippen MR) is 120 cm³/mol. The summed E-state index contributed by atoms with van der Waals surface area (Å²) < 4.78 is 1.92. The van der Waals surface area contributed by atoms with Crippen molar-refractivity contribution in [3.8, 4) is 0 Å². The fourth-order valence-electron chi connectivity index (χ4n) is 4.25. The van der Waals surface area contributed by atoms with Crippen LogP contribution in [-0.4, -0.2) is 15.7 Å². The second kappa shape index (κ2) is 7.96. The fraction of sp³-hybridized carbons (Fsp3) is 0.200. The van der Waals surface area contributed by atoms with E-state index in [-0.39, 0.29) is 11.9 Å². The predicted octanol–water partition coefficient (Wildman–Crippen LogP) is 5.55. The number of halogens is 1. The highest BCUT2D eigenvalue weighted by Gasteiger charge is 2.22. The number of fused-ring (bicyclic) bond motifs is 2. The van der Waals surface area contributed by atoms with Gasteiger partial charge < -0.3 is 5.32 Å². The molecule has 4 nitrogen and oxygen atoms in total. The van der Waals surface area contributed by atoms with Crippen molar-refractivity contribution in [1.29, 1.82) is 0 Å². The van der Waals surface area contributed by atoms with Gasteiger partial charge in [-0.1, -0.05) is 54.1 Å². The van der Waals surface area contributed by atoms with E-state index in [2.05, 4.69) is 28.6 Å². The Kier molecular flexibility index (Phi) is 5.01. The Morgan fingerprint density at radius 1 is 1.10 bits per heavy atom. The van der Waals surface area contributed by atoms with Gasteiger partial charge in [0.15, 0.2) is 0 Å². The number of nitrogens with one attached hydrogen (secondary N) is 1. The number of hydrogen-bond acceptors (Lipinski definition) is 2. The molecule has 0 fully saturated rings. The van der Waals surface area contributed by atoms with Gasteiger partial charge in [0, 0.05) is 16.0 Å². The summed E-state index contributed by atoms with van der Waals surface area (Å²) in [5.74, 6) is -0.0437.